The van der Waals surface area contributed by atoms with Gasteiger partial charge in [-0.05, 0) is 18.6 Å². The van der Waals surface area contributed by atoms with Crippen LogP contribution in [0.2, 0.25) is 0 Å². The topological polar surface area (TPSA) is 92.1 Å². The van der Waals surface area contributed by atoms with Crippen LogP contribution in [-0.4, -0.2) is 49.9 Å². The quantitative estimate of drug-likeness (QED) is 0.729. The normalized spacial score (nSPS) is 17.6. The summed E-state index contributed by atoms with van der Waals surface area (Å²) in [6.45, 7) is -1.19. The van der Waals surface area contributed by atoms with Gasteiger partial charge in [0, 0.05) is 37.2 Å². The van der Waals surface area contributed by atoms with Gasteiger partial charge in [-0.15, -0.1) is 0 Å². The molecule has 1 N–H and O–H groups in total. The van der Waals surface area contributed by atoms with Crippen LogP contribution < -0.4 is 15.1 Å². The van der Waals surface area contributed by atoms with E-state index in [2.05, 4.69) is 30.3 Å². The number of alkyl halides is 2. The summed E-state index contributed by atoms with van der Waals surface area (Å²) in [5, 5.41) is 6.42. The van der Waals surface area contributed by atoms with Gasteiger partial charge in [0.15, 0.2) is 11.6 Å². The first kappa shape index (κ1) is 17.5. The van der Waals surface area contributed by atoms with Gasteiger partial charge in [-0.25, -0.2) is 19.4 Å². The lowest BCUT2D eigenvalue weighted by atomic mass is 10.1. The Labute approximate surface area is 164 Å². The highest BCUT2D eigenvalue weighted by Gasteiger charge is 2.40. The number of rotatable bonds is 3. The summed E-state index contributed by atoms with van der Waals surface area (Å²) in [5.74, 6) is 0.830. The Hall–Kier alpha value is -3.63. The van der Waals surface area contributed by atoms with Crippen molar-refractivity contribution in [3.05, 3.63) is 43.1 Å². The Balaban J connectivity index is 1.52. The summed E-state index contributed by atoms with van der Waals surface area (Å²) in [6.07, 6.45) is 7.86. The number of fused-ring (bicyclic) bond motifs is 4. The molecule has 1 saturated heterocycles. The van der Waals surface area contributed by atoms with Crippen molar-refractivity contribution in [2.75, 3.05) is 28.2 Å². The van der Waals surface area contributed by atoms with Crippen LogP contribution in [0, 0.1) is 0 Å². The molecule has 29 heavy (non-hydrogen) atoms. The first-order valence-electron chi connectivity index (χ1n) is 9.05. The van der Waals surface area contributed by atoms with E-state index in [9.17, 15) is 13.6 Å². The van der Waals surface area contributed by atoms with Crippen molar-refractivity contribution < 1.29 is 13.6 Å². The van der Waals surface area contributed by atoms with E-state index in [1.807, 2.05) is 6.07 Å². The van der Waals surface area contributed by atoms with Crippen molar-refractivity contribution in [1.82, 2.24) is 24.7 Å². The number of halogens is 2. The minimum Gasteiger partial charge on any atom is -0.366 e. The van der Waals surface area contributed by atoms with E-state index in [1.54, 1.807) is 11.0 Å². The highest BCUT2D eigenvalue weighted by molar-refractivity contribution is 6.04. The van der Waals surface area contributed by atoms with E-state index in [-0.39, 0.29) is 12.1 Å². The molecule has 2 bridgehead atoms. The molecular formula is C18H16F2N8O. The number of nitrogens with zero attached hydrogens (tertiary/aromatic N) is 7. The molecule has 11 heteroatoms. The fourth-order valence-electron chi connectivity index (χ4n) is 3.74. The van der Waals surface area contributed by atoms with Gasteiger partial charge in [-0.3, -0.25) is 15.2 Å². The average molecular weight is 398 g/mol. The minimum absolute atomic E-state index is 0.0364. The van der Waals surface area contributed by atoms with E-state index in [4.69, 9.17) is 0 Å². The fourth-order valence-corrected chi connectivity index (χ4v) is 3.74. The molecule has 148 valence electrons. The number of pyridine rings is 1. The fraction of sp³-hybridized carbons (Fsp3) is 0.278. The van der Waals surface area contributed by atoms with Crippen LogP contribution in [0.1, 0.15) is 13.0 Å². The predicted molar refractivity (Wildman–Crippen MR) is 101 cm³/mol. The lowest BCUT2D eigenvalue weighted by molar-refractivity contribution is 0.0566. The number of anilines is 3. The zero-order chi connectivity index (χ0) is 20.0. The zero-order valence-electron chi connectivity index (χ0n) is 15.1. The number of hydrogen-bond acceptors (Lipinski definition) is 6. The third-order valence-corrected chi connectivity index (χ3v) is 5.07. The second-order valence-corrected chi connectivity index (χ2v) is 6.81. The number of carbonyl (C=O) groups excluding carboxylic acids is 1. The number of carbonyl (C=O) groups is 1. The van der Waals surface area contributed by atoms with Gasteiger partial charge < -0.3 is 4.90 Å². The first-order chi connectivity index (χ1) is 14.1. The van der Waals surface area contributed by atoms with Crippen LogP contribution in [0.5, 0.6) is 0 Å². The van der Waals surface area contributed by atoms with E-state index < -0.39 is 6.55 Å². The van der Waals surface area contributed by atoms with Crippen molar-refractivity contribution >= 4 is 23.4 Å². The molecule has 2 amide bonds. The molecule has 0 unspecified atom stereocenters. The highest BCUT2D eigenvalue weighted by atomic mass is 19.3. The first-order valence-corrected chi connectivity index (χ1v) is 9.05. The molecule has 0 aromatic carbocycles. The monoisotopic (exact) mass is 398 g/mol. The molecule has 3 aromatic rings. The number of urea groups is 1. The minimum atomic E-state index is -2.72. The van der Waals surface area contributed by atoms with E-state index in [0.29, 0.717) is 34.1 Å². The van der Waals surface area contributed by atoms with E-state index in [0.717, 1.165) is 18.7 Å². The Morgan fingerprint density at radius 1 is 1.24 bits per heavy atom. The third kappa shape index (κ3) is 3.04. The van der Waals surface area contributed by atoms with Crippen LogP contribution in [-0.2, 0) is 0 Å². The maximum Gasteiger partial charge on any atom is 0.333 e. The summed E-state index contributed by atoms with van der Waals surface area (Å²) in [6, 6.07) is 3.22. The van der Waals surface area contributed by atoms with Crippen LogP contribution >= 0.6 is 0 Å². The van der Waals surface area contributed by atoms with Gasteiger partial charge >= 0.3 is 12.6 Å². The molecule has 0 radical (unpaired) electrons. The number of amides is 2. The maximum atomic E-state index is 13.0. The summed E-state index contributed by atoms with van der Waals surface area (Å²) in [7, 11) is 0. The SMILES string of the molecule is O=C(Nc1cnccn1)N1c2nc(-c3cnn(C(F)F)c3)ccc2N2CC[C@H]1C2. The number of aromatic nitrogens is 5. The second kappa shape index (κ2) is 6.76. The molecule has 5 heterocycles. The largest absolute Gasteiger partial charge is 0.366 e. The van der Waals surface area contributed by atoms with Crippen molar-refractivity contribution in [2.24, 2.45) is 0 Å². The molecule has 1 atom stereocenters. The maximum absolute atomic E-state index is 13.0. The molecule has 2 aliphatic heterocycles. The summed E-state index contributed by atoms with van der Waals surface area (Å²) >= 11 is 0. The van der Waals surface area contributed by atoms with Gasteiger partial charge in [0.2, 0.25) is 0 Å². The van der Waals surface area contributed by atoms with Gasteiger partial charge in [0.05, 0.1) is 29.8 Å². The Bertz CT molecular complexity index is 1060. The van der Waals surface area contributed by atoms with Crippen molar-refractivity contribution in [1.29, 1.82) is 0 Å². The van der Waals surface area contributed by atoms with Crippen molar-refractivity contribution in [2.45, 2.75) is 19.0 Å². The Morgan fingerprint density at radius 3 is 2.90 bits per heavy atom. The molecule has 1 fully saturated rings. The number of nitrogens with one attached hydrogen (secondary N) is 1. The van der Waals surface area contributed by atoms with Gasteiger partial charge in [-0.2, -0.15) is 13.9 Å². The molecule has 0 aliphatic carbocycles. The summed E-state index contributed by atoms with van der Waals surface area (Å²) < 4.78 is 26.3. The smallest absolute Gasteiger partial charge is 0.333 e. The van der Waals surface area contributed by atoms with Crippen LogP contribution in [0.4, 0.5) is 30.9 Å². The molecule has 5 rings (SSSR count). The van der Waals surface area contributed by atoms with Crippen molar-refractivity contribution in [3.8, 4) is 11.3 Å². The van der Waals surface area contributed by atoms with Crippen molar-refractivity contribution in [3.63, 3.8) is 0 Å². The lowest BCUT2D eigenvalue weighted by Gasteiger charge is -2.35. The predicted octanol–water partition coefficient (Wildman–Crippen LogP) is 2.76. The van der Waals surface area contributed by atoms with Crippen LogP contribution in [0.25, 0.3) is 11.3 Å². The van der Waals surface area contributed by atoms with Gasteiger partial charge in [-0.1, -0.05) is 0 Å². The summed E-state index contributed by atoms with van der Waals surface area (Å²) in [4.78, 5) is 29.5. The molecule has 0 saturated carbocycles. The average Bonchev–Trinajstić information content (AvgIpc) is 3.37. The van der Waals surface area contributed by atoms with E-state index in [1.165, 1.54) is 31.0 Å². The van der Waals surface area contributed by atoms with Crippen LogP contribution in [0.15, 0.2) is 43.1 Å². The number of hydrogen-bond donors (Lipinski definition) is 1. The molecule has 3 aromatic heterocycles. The molecule has 2 aliphatic rings. The molecule has 9 nitrogen and oxygen atoms in total. The van der Waals surface area contributed by atoms with Gasteiger partial charge in [0.25, 0.3) is 0 Å². The Morgan fingerprint density at radius 2 is 2.14 bits per heavy atom. The summed E-state index contributed by atoms with van der Waals surface area (Å²) in [5.41, 5.74) is 1.75. The highest BCUT2D eigenvalue weighted by Crippen LogP contribution is 2.40. The van der Waals surface area contributed by atoms with Gasteiger partial charge in [0.1, 0.15) is 0 Å². The second-order valence-electron chi connectivity index (χ2n) is 6.81. The lowest BCUT2D eigenvalue weighted by Crippen LogP contribution is -2.48. The Kier molecular flexibility index (Phi) is 4.07. The molecular weight excluding hydrogens is 382 g/mol. The van der Waals surface area contributed by atoms with Crippen LogP contribution in [0.3, 0.4) is 0 Å². The third-order valence-electron chi connectivity index (χ3n) is 5.07. The standard InChI is InChI=1S/C18H16F2N8O/c19-17(20)27-9-11(7-23-27)13-1-2-14-16(24-13)28(12-3-6-26(14)10-12)18(29)25-15-8-21-4-5-22-15/h1-2,4-5,7-9,12,17H,3,6,10H2,(H,22,25,29)/t12-/m0/s1. The van der Waals surface area contributed by atoms with E-state index >= 15 is 0 Å². The molecule has 0 spiro atoms. The zero-order valence-corrected chi connectivity index (χ0v) is 15.1.